The largest absolute Gasteiger partial charge is 0.320 e. The summed E-state index contributed by atoms with van der Waals surface area (Å²) >= 11 is 2.34. The topological polar surface area (TPSA) is 12.0 Å². The molecule has 0 unspecified atom stereocenters. The summed E-state index contributed by atoms with van der Waals surface area (Å²) in [5.41, 5.74) is 1.70. The molecule has 2 heteroatoms. The van der Waals surface area contributed by atoms with Gasteiger partial charge in [-0.05, 0) is 65.7 Å². The molecule has 0 saturated heterocycles. The maximum absolute atomic E-state index is 3.20. The number of rotatable bonds is 4. The fraction of sp³-hybridized carbons (Fsp3) is 0.500. The Morgan fingerprint density at radius 2 is 1.79 bits per heavy atom. The molecule has 1 aromatic rings. The van der Waals surface area contributed by atoms with Gasteiger partial charge in [-0.15, -0.1) is 0 Å². The third-order valence-electron chi connectivity index (χ3n) is 2.63. The van der Waals surface area contributed by atoms with Gasteiger partial charge in [0, 0.05) is 3.57 Å². The molecule has 1 N–H and O–H groups in total. The van der Waals surface area contributed by atoms with Crippen molar-refractivity contribution in [2.75, 3.05) is 13.6 Å². The second-order valence-electron chi connectivity index (χ2n) is 4.24. The highest BCUT2D eigenvalue weighted by molar-refractivity contribution is 14.1. The van der Waals surface area contributed by atoms with E-state index in [2.05, 4.69) is 66.0 Å². The quantitative estimate of drug-likeness (QED) is 0.843. The van der Waals surface area contributed by atoms with Crippen molar-refractivity contribution < 1.29 is 0 Å². The van der Waals surface area contributed by atoms with E-state index in [9.17, 15) is 0 Å². The van der Waals surface area contributed by atoms with E-state index in [0.29, 0.717) is 0 Å². The Labute approximate surface area is 100 Å². The van der Waals surface area contributed by atoms with Crippen LogP contribution in [0.3, 0.4) is 0 Å². The fourth-order valence-corrected chi connectivity index (χ4v) is 1.84. The first-order chi connectivity index (χ1) is 6.56. The van der Waals surface area contributed by atoms with Crippen LogP contribution in [0.5, 0.6) is 0 Å². The molecule has 0 heterocycles. The molecule has 1 rings (SSSR count). The molecule has 0 fully saturated rings. The van der Waals surface area contributed by atoms with E-state index in [4.69, 9.17) is 0 Å². The van der Waals surface area contributed by atoms with Crippen molar-refractivity contribution in [2.24, 2.45) is 0 Å². The lowest BCUT2D eigenvalue weighted by Crippen LogP contribution is -2.23. The average molecular weight is 303 g/mol. The first-order valence-electron chi connectivity index (χ1n) is 4.97. The molecule has 0 aliphatic rings. The van der Waals surface area contributed by atoms with E-state index < -0.39 is 0 Å². The summed E-state index contributed by atoms with van der Waals surface area (Å²) in [4.78, 5) is 0. The summed E-state index contributed by atoms with van der Waals surface area (Å²) in [6.45, 7) is 5.66. The lowest BCUT2D eigenvalue weighted by molar-refractivity contribution is 0.469. The molecule has 1 aromatic carbocycles. The summed E-state index contributed by atoms with van der Waals surface area (Å²) in [7, 11) is 2.00. The van der Waals surface area contributed by atoms with Gasteiger partial charge in [0.2, 0.25) is 0 Å². The van der Waals surface area contributed by atoms with Gasteiger partial charge in [0.25, 0.3) is 0 Å². The first-order valence-corrected chi connectivity index (χ1v) is 6.05. The van der Waals surface area contributed by atoms with Crippen LogP contribution in [0, 0.1) is 3.57 Å². The second-order valence-corrected chi connectivity index (χ2v) is 5.49. The van der Waals surface area contributed by atoms with E-state index in [1.165, 1.54) is 15.6 Å². The van der Waals surface area contributed by atoms with Crippen LogP contribution in [-0.4, -0.2) is 13.6 Å². The third-order valence-corrected chi connectivity index (χ3v) is 3.34. The predicted octanol–water partition coefficient (Wildman–Crippen LogP) is 3.18. The second kappa shape index (κ2) is 5.12. The number of hydrogen-bond donors (Lipinski definition) is 1. The van der Waals surface area contributed by atoms with Crippen molar-refractivity contribution in [3.8, 4) is 0 Å². The zero-order valence-corrected chi connectivity index (χ0v) is 11.3. The summed E-state index contributed by atoms with van der Waals surface area (Å²) < 4.78 is 1.30. The summed E-state index contributed by atoms with van der Waals surface area (Å²) in [5, 5.41) is 3.20. The molecule has 0 aliphatic heterocycles. The zero-order valence-electron chi connectivity index (χ0n) is 9.10. The van der Waals surface area contributed by atoms with Gasteiger partial charge in [-0.25, -0.2) is 0 Å². The van der Waals surface area contributed by atoms with Crippen LogP contribution in [-0.2, 0) is 5.41 Å². The van der Waals surface area contributed by atoms with Crippen LogP contribution in [0.2, 0.25) is 0 Å². The van der Waals surface area contributed by atoms with Gasteiger partial charge in [0.05, 0.1) is 0 Å². The Morgan fingerprint density at radius 3 is 2.29 bits per heavy atom. The lowest BCUT2D eigenvalue weighted by atomic mass is 9.82. The van der Waals surface area contributed by atoms with E-state index in [0.717, 1.165) is 6.54 Å². The van der Waals surface area contributed by atoms with Gasteiger partial charge in [-0.2, -0.15) is 0 Å². The van der Waals surface area contributed by atoms with Gasteiger partial charge in [0.1, 0.15) is 0 Å². The van der Waals surface area contributed by atoms with E-state index >= 15 is 0 Å². The minimum Gasteiger partial charge on any atom is -0.320 e. The highest BCUT2D eigenvalue weighted by Gasteiger charge is 2.19. The van der Waals surface area contributed by atoms with Gasteiger partial charge in [0.15, 0.2) is 0 Å². The molecule has 0 aliphatic carbocycles. The van der Waals surface area contributed by atoms with Crippen molar-refractivity contribution in [1.82, 2.24) is 5.32 Å². The number of benzene rings is 1. The fourth-order valence-electron chi connectivity index (χ4n) is 1.48. The Morgan fingerprint density at radius 1 is 1.21 bits per heavy atom. The lowest BCUT2D eigenvalue weighted by Gasteiger charge is -2.25. The molecule has 14 heavy (non-hydrogen) atoms. The van der Waals surface area contributed by atoms with Crippen LogP contribution in [0.1, 0.15) is 25.8 Å². The number of nitrogens with one attached hydrogen (secondary N) is 1. The van der Waals surface area contributed by atoms with E-state index in [1.54, 1.807) is 0 Å². The Hall–Kier alpha value is -0.0900. The monoisotopic (exact) mass is 303 g/mol. The minimum absolute atomic E-state index is 0.271. The van der Waals surface area contributed by atoms with Crippen LogP contribution in [0.25, 0.3) is 0 Å². The molecule has 0 saturated carbocycles. The maximum atomic E-state index is 3.20. The van der Waals surface area contributed by atoms with Crippen LogP contribution >= 0.6 is 22.6 Å². The molecule has 0 bridgehead atoms. The minimum atomic E-state index is 0.271. The number of halogens is 1. The summed E-state index contributed by atoms with van der Waals surface area (Å²) in [5.74, 6) is 0. The van der Waals surface area contributed by atoms with Crippen molar-refractivity contribution in [3.05, 3.63) is 33.4 Å². The normalized spacial score (nSPS) is 11.7. The standard InChI is InChI=1S/C12H18IN/c1-12(2,8-9-14-3)10-4-6-11(13)7-5-10/h4-7,14H,8-9H2,1-3H3. The van der Waals surface area contributed by atoms with Crippen molar-refractivity contribution in [2.45, 2.75) is 25.7 Å². The van der Waals surface area contributed by atoms with E-state index in [1.807, 2.05) is 7.05 Å². The smallest absolute Gasteiger partial charge is 0.0130 e. The van der Waals surface area contributed by atoms with Gasteiger partial charge in [-0.3, -0.25) is 0 Å². The molecule has 0 radical (unpaired) electrons. The van der Waals surface area contributed by atoms with E-state index in [-0.39, 0.29) is 5.41 Å². The maximum Gasteiger partial charge on any atom is 0.0130 e. The molecule has 78 valence electrons. The SMILES string of the molecule is CNCCC(C)(C)c1ccc(I)cc1. The van der Waals surface area contributed by atoms with Crippen molar-refractivity contribution in [3.63, 3.8) is 0 Å². The van der Waals surface area contributed by atoms with Crippen LogP contribution < -0.4 is 5.32 Å². The predicted molar refractivity (Wildman–Crippen MR) is 70.7 cm³/mol. The van der Waals surface area contributed by atoms with Gasteiger partial charge < -0.3 is 5.32 Å². The molecule has 0 aromatic heterocycles. The molecule has 0 amide bonds. The summed E-state index contributed by atoms with van der Waals surface area (Å²) in [6.07, 6.45) is 1.17. The Bertz CT molecular complexity index is 277. The molecule has 1 nitrogen and oxygen atoms in total. The van der Waals surface area contributed by atoms with Crippen LogP contribution in [0.4, 0.5) is 0 Å². The molecular formula is C12H18IN. The zero-order chi connectivity index (χ0) is 10.6. The van der Waals surface area contributed by atoms with Crippen LogP contribution in [0.15, 0.2) is 24.3 Å². The average Bonchev–Trinajstić information content (AvgIpc) is 2.16. The molecule has 0 spiro atoms. The van der Waals surface area contributed by atoms with Crippen molar-refractivity contribution in [1.29, 1.82) is 0 Å². The highest BCUT2D eigenvalue weighted by Crippen LogP contribution is 2.26. The van der Waals surface area contributed by atoms with Gasteiger partial charge >= 0.3 is 0 Å². The highest BCUT2D eigenvalue weighted by atomic mass is 127. The number of hydrogen-bond acceptors (Lipinski definition) is 1. The Kier molecular flexibility index (Phi) is 4.38. The molecular weight excluding hydrogens is 285 g/mol. The third kappa shape index (κ3) is 3.24. The van der Waals surface area contributed by atoms with Gasteiger partial charge in [-0.1, -0.05) is 26.0 Å². The first kappa shape index (κ1) is 12.0. The molecule has 0 atom stereocenters. The Balaban J connectivity index is 2.75. The summed E-state index contributed by atoms with van der Waals surface area (Å²) in [6, 6.07) is 8.82. The van der Waals surface area contributed by atoms with Crippen molar-refractivity contribution >= 4 is 22.6 Å².